The lowest BCUT2D eigenvalue weighted by molar-refractivity contribution is -0.141. The molecule has 1 aromatic heterocycles. The molecule has 1 aromatic rings. The number of Topliss-reactive ketones (excluding diaryl/α,β-unsaturated/α-hetero) is 1. The van der Waals surface area contributed by atoms with E-state index < -0.39 is 23.7 Å². The number of hydrogen-bond acceptors (Lipinski definition) is 3. The summed E-state index contributed by atoms with van der Waals surface area (Å²) in [6.45, 7) is 1.38. The number of aromatic nitrogens is 2. The summed E-state index contributed by atoms with van der Waals surface area (Å²) in [7, 11) is 0. The second-order valence-corrected chi connectivity index (χ2v) is 2.82. The summed E-state index contributed by atoms with van der Waals surface area (Å²) < 4.78 is 36.2. The van der Waals surface area contributed by atoms with E-state index in [4.69, 9.17) is 5.73 Å². The molecule has 14 heavy (non-hydrogen) atoms. The van der Waals surface area contributed by atoms with Gasteiger partial charge in [-0.15, -0.1) is 0 Å². The van der Waals surface area contributed by atoms with Crippen LogP contribution in [0.5, 0.6) is 0 Å². The van der Waals surface area contributed by atoms with Gasteiger partial charge in [0.25, 0.3) is 0 Å². The predicted molar refractivity (Wildman–Crippen MR) is 41.6 cm³/mol. The van der Waals surface area contributed by atoms with Crippen LogP contribution in [0.15, 0.2) is 6.07 Å². The van der Waals surface area contributed by atoms with Crippen LogP contribution < -0.4 is 5.73 Å². The number of ketones is 1. The van der Waals surface area contributed by atoms with Gasteiger partial charge in [0.15, 0.2) is 5.78 Å². The van der Waals surface area contributed by atoms with Crippen molar-refractivity contribution in [1.82, 2.24) is 10.2 Å². The van der Waals surface area contributed by atoms with Crippen molar-refractivity contribution in [2.24, 2.45) is 5.73 Å². The molecule has 0 bridgehead atoms. The monoisotopic (exact) mass is 207 g/mol. The number of aromatic amines is 1. The summed E-state index contributed by atoms with van der Waals surface area (Å²) in [6.07, 6.45) is -4.52. The SMILES string of the molecule is CC(N)C(=O)c1cc(C(F)(F)F)[nH]n1. The van der Waals surface area contributed by atoms with Gasteiger partial charge in [0.05, 0.1) is 6.04 Å². The molecule has 0 aliphatic carbocycles. The van der Waals surface area contributed by atoms with Crippen LogP contribution >= 0.6 is 0 Å². The van der Waals surface area contributed by atoms with Gasteiger partial charge in [0.1, 0.15) is 11.4 Å². The minimum absolute atomic E-state index is 0.299. The molecule has 4 nitrogen and oxygen atoms in total. The summed E-state index contributed by atoms with van der Waals surface area (Å²) >= 11 is 0. The van der Waals surface area contributed by atoms with E-state index in [1.54, 1.807) is 5.10 Å². The van der Waals surface area contributed by atoms with Crippen molar-refractivity contribution >= 4 is 5.78 Å². The van der Waals surface area contributed by atoms with Gasteiger partial charge in [0.2, 0.25) is 0 Å². The summed E-state index contributed by atoms with van der Waals surface area (Å²) in [5.41, 5.74) is 3.85. The van der Waals surface area contributed by atoms with Crippen LogP contribution in [-0.2, 0) is 6.18 Å². The number of carbonyl (C=O) groups is 1. The number of H-pyrrole nitrogens is 1. The van der Waals surface area contributed by atoms with Gasteiger partial charge in [-0.2, -0.15) is 18.3 Å². The maximum absolute atomic E-state index is 12.1. The van der Waals surface area contributed by atoms with Crippen LogP contribution in [0.2, 0.25) is 0 Å². The fourth-order valence-corrected chi connectivity index (χ4v) is 0.826. The normalized spacial score (nSPS) is 14.1. The van der Waals surface area contributed by atoms with Crippen molar-refractivity contribution in [3.63, 3.8) is 0 Å². The van der Waals surface area contributed by atoms with Gasteiger partial charge in [-0.05, 0) is 13.0 Å². The van der Waals surface area contributed by atoms with Gasteiger partial charge < -0.3 is 5.73 Å². The molecule has 0 fully saturated rings. The molecule has 0 aromatic carbocycles. The standard InChI is InChI=1S/C7H8F3N3O/c1-3(11)6(14)4-2-5(13-12-4)7(8,9)10/h2-3H,11H2,1H3,(H,12,13). The highest BCUT2D eigenvalue weighted by atomic mass is 19.4. The zero-order valence-corrected chi connectivity index (χ0v) is 7.22. The lowest BCUT2D eigenvalue weighted by Gasteiger charge is -2.00. The van der Waals surface area contributed by atoms with Gasteiger partial charge in [0, 0.05) is 0 Å². The second-order valence-electron chi connectivity index (χ2n) is 2.82. The zero-order valence-electron chi connectivity index (χ0n) is 7.22. The maximum atomic E-state index is 12.1. The Labute approximate surface area is 77.3 Å². The first-order chi connectivity index (χ1) is 6.32. The van der Waals surface area contributed by atoms with Gasteiger partial charge in [-0.1, -0.05) is 0 Å². The largest absolute Gasteiger partial charge is 0.432 e. The van der Waals surface area contributed by atoms with Crippen LogP contribution in [0.3, 0.4) is 0 Å². The van der Waals surface area contributed by atoms with Crippen molar-refractivity contribution in [2.75, 3.05) is 0 Å². The number of alkyl halides is 3. The van der Waals surface area contributed by atoms with Crippen LogP contribution in [0.1, 0.15) is 23.1 Å². The number of nitrogens with zero attached hydrogens (tertiary/aromatic N) is 1. The Morgan fingerprint density at radius 2 is 2.21 bits per heavy atom. The van der Waals surface area contributed by atoms with E-state index in [2.05, 4.69) is 5.10 Å². The molecule has 1 rings (SSSR count). The fraction of sp³-hybridized carbons (Fsp3) is 0.429. The van der Waals surface area contributed by atoms with Crippen LogP contribution in [0.4, 0.5) is 13.2 Å². The third-order valence-corrected chi connectivity index (χ3v) is 1.55. The molecule has 1 heterocycles. The number of hydrogen-bond donors (Lipinski definition) is 2. The highest BCUT2D eigenvalue weighted by Crippen LogP contribution is 2.27. The topological polar surface area (TPSA) is 71.8 Å². The second kappa shape index (κ2) is 3.41. The molecule has 0 spiro atoms. The molecule has 0 saturated carbocycles. The van der Waals surface area contributed by atoms with Crippen molar-refractivity contribution in [3.8, 4) is 0 Å². The summed E-state index contributed by atoms with van der Waals surface area (Å²) in [4.78, 5) is 11.1. The molecule has 3 N–H and O–H groups in total. The molecule has 1 unspecified atom stereocenters. The Morgan fingerprint density at radius 3 is 2.57 bits per heavy atom. The van der Waals surface area contributed by atoms with E-state index in [-0.39, 0.29) is 5.69 Å². The lowest BCUT2D eigenvalue weighted by atomic mass is 10.1. The van der Waals surface area contributed by atoms with E-state index in [0.29, 0.717) is 6.07 Å². The van der Waals surface area contributed by atoms with Crippen molar-refractivity contribution in [2.45, 2.75) is 19.1 Å². The Kier molecular flexibility index (Phi) is 2.61. The van der Waals surface area contributed by atoms with Crippen molar-refractivity contribution in [3.05, 3.63) is 17.5 Å². The number of rotatable bonds is 2. The highest BCUT2D eigenvalue weighted by Gasteiger charge is 2.33. The first kappa shape index (κ1) is 10.7. The molecule has 0 aliphatic rings. The summed E-state index contributed by atoms with van der Waals surface area (Å²) in [5, 5.41) is 4.96. The number of carbonyl (C=O) groups excluding carboxylic acids is 1. The highest BCUT2D eigenvalue weighted by molar-refractivity contribution is 5.98. The smallest absolute Gasteiger partial charge is 0.321 e. The summed E-state index contributed by atoms with van der Waals surface area (Å²) in [6, 6.07) is -0.217. The predicted octanol–water partition coefficient (Wildman–Crippen LogP) is 0.958. The molecule has 0 radical (unpaired) electrons. The van der Waals surface area contributed by atoms with E-state index >= 15 is 0 Å². The van der Waals surface area contributed by atoms with E-state index in [1.165, 1.54) is 6.92 Å². The third kappa shape index (κ3) is 2.11. The average Bonchev–Trinajstić information content (AvgIpc) is 2.49. The molecular weight excluding hydrogens is 199 g/mol. The van der Waals surface area contributed by atoms with E-state index in [1.807, 2.05) is 0 Å². The molecule has 0 saturated heterocycles. The quantitative estimate of drug-likeness (QED) is 0.709. The molecular formula is C7H8F3N3O. The number of nitrogens with two attached hydrogens (primary N) is 1. The summed E-state index contributed by atoms with van der Waals surface area (Å²) in [5.74, 6) is -0.628. The molecule has 78 valence electrons. The Morgan fingerprint density at radius 1 is 1.64 bits per heavy atom. The van der Waals surface area contributed by atoms with Crippen molar-refractivity contribution < 1.29 is 18.0 Å². The average molecular weight is 207 g/mol. The first-order valence-corrected chi connectivity index (χ1v) is 3.74. The maximum Gasteiger partial charge on any atom is 0.432 e. The van der Waals surface area contributed by atoms with Crippen LogP contribution in [-0.4, -0.2) is 22.0 Å². The molecule has 0 aliphatic heterocycles. The van der Waals surface area contributed by atoms with Gasteiger partial charge in [-0.25, -0.2) is 0 Å². The third-order valence-electron chi connectivity index (χ3n) is 1.55. The van der Waals surface area contributed by atoms with Gasteiger partial charge in [-0.3, -0.25) is 9.89 Å². The zero-order chi connectivity index (χ0) is 10.9. The fourth-order valence-electron chi connectivity index (χ4n) is 0.826. The Bertz CT molecular complexity index is 342. The van der Waals surface area contributed by atoms with Crippen LogP contribution in [0.25, 0.3) is 0 Å². The Balaban J connectivity index is 2.95. The van der Waals surface area contributed by atoms with Crippen LogP contribution in [0, 0.1) is 0 Å². The molecule has 1 atom stereocenters. The van der Waals surface area contributed by atoms with Gasteiger partial charge >= 0.3 is 6.18 Å². The molecule has 7 heteroatoms. The van der Waals surface area contributed by atoms with E-state index in [9.17, 15) is 18.0 Å². The minimum Gasteiger partial charge on any atom is -0.321 e. The number of halogens is 3. The van der Waals surface area contributed by atoms with Crippen molar-refractivity contribution in [1.29, 1.82) is 0 Å². The Hall–Kier alpha value is -1.37. The minimum atomic E-state index is -4.52. The first-order valence-electron chi connectivity index (χ1n) is 3.74. The number of nitrogens with one attached hydrogen (secondary N) is 1. The van der Waals surface area contributed by atoms with E-state index in [0.717, 1.165) is 0 Å². The molecule has 0 amide bonds. The lowest BCUT2D eigenvalue weighted by Crippen LogP contribution is -2.26.